The zero-order chi connectivity index (χ0) is 27.7. The number of hydrogen-bond acceptors (Lipinski definition) is 10. The summed E-state index contributed by atoms with van der Waals surface area (Å²) in [6, 6.07) is 11.9. The molecule has 40 heavy (non-hydrogen) atoms. The van der Waals surface area contributed by atoms with Gasteiger partial charge in [-0.1, -0.05) is 0 Å². The van der Waals surface area contributed by atoms with E-state index in [4.69, 9.17) is 23.4 Å². The molecule has 1 atom stereocenters. The molecule has 3 N–H and O–H groups in total. The maximum Gasteiger partial charge on any atom is 0.312 e. The highest BCUT2D eigenvalue weighted by molar-refractivity contribution is 5.93. The molecule has 11 nitrogen and oxygen atoms in total. The number of phenols is 2. The summed E-state index contributed by atoms with van der Waals surface area (Å²) in [7, 11) is 1.41. The van der Waals surface area contributed by atoms with Crippen LogP contribution in [-0.2, 0) is 4.79 Å². The van der Waals surface area contributed by atoms with Gasteiger partial charge in [-0.05, 0) is 30.3 Å². The number of nitrogens with one attached hydrogen (secondary N) is 1. The summed E-state index contributed by atoms with van der Waals surface area (Å²) in [5.41, 5.74) is 0.287. The first-order valence-electron chi connectivity index (χ1n) is 12.2. The molecule has 0 amide bonds. The zero-order valence-corrected chi connectivity index (χ0v) is 20.8. The number of aromatic nitrogens is 1. The van der Waals surface area contributed by atoms with E-state index in [1.807, 2.05) is 0 Å². The quantitative estimate of drug-likeness (QED) is 0.226. The second-order valence-corrected chi connectivity index (χ2v) is 9.45. The van der Waals surface area contributed by atoms with Crippen LogP contribution in [0.1, 0.15) is 23.5 Å². The van der Waals surface area contributed by atoms with Crippen molar-refractivity contribution in [3.05, 3.63) is 80.2 Å². The van der Waals surface area contributed by atoms with Crippen LogP contribution < -0.4 is 29.9 Å². The number of ether oxygens (including phenoxy) is 4. The number of aromatic hydroxyl groups is 2. The molecular weight excluding hydrogens is 522 g/mol. The van der Waals surface area contributed by atoms with E-state index in [1.165, 1.54) is 31.4 Å². The van der Waals surface area contributed by atoms with E-state index in [2.05, 4.69) is 4.98 Å². The summed E-state index contributed by atoms with van der Waals surface area (Å²) in [5, 5.41) is 21.5. The number of phenolic OH excluding ortho intramolecular Hbond substituents is 2. The van der Waals surface area contributed by atoms with Crippen molar-refractivity contribution in [1.29, 1.82) is 0 Å². The van der Waals surface area contributed by atoms with Crippen LogP contribution in [0.2, 0.25) is 0 Å². The minimum atomic E-state index is -0.874. The fourth-order valence-corrected chi connectivity index (χ4v) is 5.28. The van der Waals surface area contributed by atoms with Gasteiger partial charge in [0.25, 0.3) is 5.56 Å². The lowest BCUT2D eigenvalue weighted by molar-refractivity contribution is -0.135. The van der Waals surface area contributed by atoms with Crippen molar-refractivity contribution in [2.24, 2.45) is 0 Å². The fourth-order valence-electron chi connectivity index (χ4n) is 5.28. The molecule has 7 rings (SSSR count). The lowest BCUT2D eigenvalue weighted by Crippen LogP contribution is -2.26. The monoisotopic (exact) mass is 541 g/mol. The topological polar surface area (TPSA) is 158 Å². The molecule has 0 saturated heterocycles. The van der Waals surface area contributed by atoms with Crippen LogP contribution in [0.5, 0.6) is 34.5 Å². The number of carbonyl (C=O) groups is 1. The van der Waals surface area contributed by atoms with Crippen LogP contribution in [0.25, 0.3) is 33.2 Å². The van der Waals surface area contributed by atoms with Gasteiger partial charge < -0.3 is 38.6 Å². The van der Waals surface area contributed by atoms with Gasteiger partial charge in [0.15, 0.2) is 28.4 Å². The van der Waals surface area contributed by atoms with Crippen molar-refractivity contribution in [3.63, 3.8) is 0 Å². The van der Waals surface area contributed by atoms with E-state index in [0.29, 0.717) is 28.0 Å². The molecular formula is C29H19NO10. The van der Waals surface area contributed by atoms with E-state index in [9.17, 15) is 24.6 Å². The van der Waals surface area contributed by atoms with Crippen LogP contribution in [0.4, 0.5) is 0 Å². The Labute approximate surface area is 223 Å². The molecule has 2 aliphatic rings. The highest BCUT2D eigenvalue weighted by Gasteiger charge is 2.35. The third-order valence-electron chi connectivity index (χ3n) is 7.13. The molecule has 0 fully saturated rings. The fraction of sp³-hybridized carbons (Fsp3) is 0.138. The predicted molar refractivity (Wildman–Crippen MR) is 141 cm³/mol. The third kappa shape index (κ3) is 3.55. The van der Waals surface area contributed by atoms with Gasteiger partial charge in [0.05, 0.1) is 19.0 Å². The van der Waals surface area contributed by atoms with Crippen LogP contribution in [0.3, 0.4) is 0 Å². The molecule has 5 aromatic rings. The minimum Gasteiger partial charge on any atom is -0.507 e. The molecule has 200 valence electrons. The Morgan fingerprint density at radius 1 is 0.925 bits per heavy atom. The number of methoxy groups -OCH3 is 1. The normalized spacial score (nSPS) is 15.7. The largest absolute Gasteiger partial charge is 0.507 e. The highest BCUT2D eigenvalue weighted by atomic mass is 16.7. The smallest absolute Gasteiger partial charge is 0.312 e. The Kier molecular flexibility index (Phi) is 5.04. The number of rotatable bonds is 3. The van der Waals surface area contributed by atoms with Crippen LogP contribution >= 0.6 is 0 Å². The molecule has 0 aliphatic carbocycles. The maximum atomic E-state index is 13.3. The molecule has 2 aliphatic heterocycles. The Balaban J connectivity index is 1.48. The molecule has 0 radical (unpaired) electrons. The first-order chi connectivity index (χ1) is 19.3. The van der Waals surface area contributed by atoms with Crippen molar-refractivity contribution in [3.8, 4) is 45.8 Å². The van der Waals surface area contributed by atoms with Crippen molar-refractivity contribution in [1.82, 2.24) is 4.98 Å². The standard InChI is InChI=1S/C29H19NO10/c1-36-20-3-2-12(5-17(20)31)21-9-18(32)27-19(33)10-24-26(28(27)40-21)14(7-25(34)39-24)15-4-13-6-22-23(38-11-37-22)8-16(13)30-29(15)35/h2-6,8-10,14,31,33H,7,11H2,1H3,(H,30,35)/t14-/m1/s1. The van der Waals surface area contributed by atoms with Gasteiger partial charge in [-0.15, -0.1) is 0 Å². The van der Waals surface area contributed by atoms with Crippen LogP contribution in [0, 0.1) is 0 Å². The van der Waals surface area contributed by atoms with Gasteiger partial charge in [0.2, 0.25) is 6.79 Å². The summed E-state index contributed by atoms with van der Waals surface area (Å²) in [6.07, 6.45) is -0.219. The SMILES string of the molecule is COc1ccc(-c2cc(=O)c3c(O)cc4c(c3o2)[C@@H](c2cc3cc5c(cc3[nH]c2=O)OCO5)CC(=O)O4)cc1O. The maximum absolute atomic E-state index is 13.3. The summed E-state index contributed by atoms with van der Waals surface area (Å²) >= 11 is 0. The molecule has 0 spiro atoms. The zero-order valence-electron chi connectivity index (χ0n) is 20.8. The van der Waals surface area contributed by atoms with Crippen molar-refractivity contribution in [2.75, 3.05) is 13.9 Å². The molecule has 2 aromatic heterocycles. The van der Waals surface area contributed by atoms with Gasteiger partial charge in [0, 0.05) is 46.2 Å². The molecule has 0 bridgehead atoms. The van der Waals surface area contributed by atoms with E-state index < -0.39 is 28.6 Å². The molecule has 3 aromatic carbocycles. The minimum absolute atomic E-state index is 0.0330. The number of aromatic amines is 1. The summed E-state index contributed by atoms with van der Waals surface area (Å²) < 4.78 is 27.5. The lowest BCUT2D eigenvalue weighted by atomic mass is 9.85. The van der Waals surface area contributed by atoms with E-state index in [0.717, 1.165) is 0 Å². The number of carbonyl (C=O) groups excluding carboxylic acids is 1. The third-order valence-corrected chi connectivity index (χ3v) is 7.13. The highest BCUT2D eigenvalue weighted by Crippen LogP contribution is 2.46. The number of esters is 1. The average Bonchev–Trinajstić information content (AvgIpc) is 3.37. The number of hydrogen-bond donors (Lipinski definition) is 3. The molecule has 4 heterocycles. The van der Waals surface area contributed by atoms with Gasteiger partial charge >= 0.3 is 5.97 Å². The van der Waals surface area contributed by atoms with E-state index >= 15 is 0 Å². The summed E-state index contributed by atoms with van der Waals surface area (Å²) in [4.78, 5) is 42.1. The molecule has 11 heteroatoms. The second-order valence-electron chi connectivity index (χ2n) is 9.45. The van der Waals surface area contributed by atoms with Crippen LogP contribution in [0.15, 0.2) is 62.5 Å². The van der Waals surface area contributed by atoms with Crippen molar-refractivity contribution in [2.45, 2.75) is 12.3 Å². The van der Waals surface area contributed by atoms with E-state index in [-0.39, 0.29) is 58.3 Å². The van der Waals surface area contributed by atoms with Gasteiger partial charge in [0.1, 0.15) is 28.2 Å². The Hall–Kier alpha value is -5.45. The number of H-pyrrole nitrogens is 1. The number of pyridine rings is 1. The summed E-state index contributed by atoms with van der Waals surface area (Å²) in [5.74, 6) is -0.817. The van der Waals surface area contributed by atoms with Gasteiger partial charge in [-0.25, -0.2) is 0 Å². The van der Waals surface area contributed by atoms with Crippen molar-refractivity contribution < 1.29 is 38.4 Å². The Morgan fingerprint density at radius 3 is 2.50 bits per heavy atom. The Morgan fingerprint density at radius 2 is 1.73 bits per heavy atom. The first-order valence-corrected chi connectivity index (χ1v) is 12.2. The number of benzene rings is 3. The molecule has 0 unspecified atom stereocenters. The van der Waals surface area contributed by atoms with Gasteiger partial charge in [-0.2, -0.15) is 0 Å². The number of fused-ring (bicyclic) bond motifs is 5. The van der Waals surface area contributed by atoms with E-state index in [1.54, 1.807) is 24.3 Å². The first kappa shape index (κ1) is 23.7. The molecule has 0 saturated carbocycles. The van der Waals surface area contributed by atoms with Gasteiger partial charge in [-0.3, -0.25) is 14.4 Å². The average molecular weight is 541 g/mol. The second kappa shape index (κ2) is 8.53. The van der Waals surface area contributed by atoms with Crippen LogP contribution in [-0.4, -0.2) is 35.1 Å². The predicted octanol–water partition coefficient (Wildman–Crippen LogP) is 3.89. The summed E-state index contributed by atoms with van der Waals surface area (Å²) in [6.45, 7) is 0.0629. The Bertz CT molecular complexity index is 2020. The lowest BCUT2D eigenvalue weighted by Gasteiger charge is -2.25. The van der Waals surface area contributed by atoms with Crippen molar-refractivity contribution >= 4 is 27.8 Å².